The van der Waals surface area contributed by atoms with Crippen molar-refractivity contribution in [3.05, 3.63) is 58.4 Å². The molecule has 1 saturated heterocycles. The number of ether oxygens (including phenoxy) is 2. The predicted molar refractivity (Wildman–Crippen MR) is 112 cm³/mol. The largest absolute Gasteiger partial charge is 0.493 e. The van der Waals surface area contributed by atoms with Crippen molar-refractivity contribution < 1.29 is 23.5 Å². The minimum atomic E-state index is -0.650. The number of benzene rings is 2. The van der Waals surface area contributed by atoms with Crippen molar-refractivity contribution >= 4 is 23.4 Å². The lowest BCUT2D eigenvalue weighted by atomic mass is 10.0. The Labute approximate surface area is 179 Å². The molecule has 0 atom stereocenters. The molecule has 0 aromatic heterocycles. The number of piperidine rings is 1. The Morgan fingerprint density at radius 2 is 1.83 bits per heavy atom. The van der Waals surface area contributed by atoms with Crippen molar-refractivity contribution in [1.29, 1.82) is 0 Å². The highest BCUT2D eigenvalue weighted by Gasteiger charge is 2.26. The molecule has 1 heterocycles. The molecule has 1 aliphatic heterocycles. The van der Waals surface area contributed by atoms with Gasteiger partial charge in [-0.1, -0.05) is 23.7 Å². The summed E-state index contributed by atoms with van der Waals surface area (Å²) in [5, 5.41) is 2.90. The van der Waals surface area contributed by atoms with Gasteiger partial charge in [0.15, 0.2) is 11.5 Å². The smallest absolute Gasteiger partial charge is 0.255 e. The molecule has 0 saturated carbocycles. The summed E-state index contributed by atoms with van der Waals surface area (Å²) >= 11 is 5.95. The lowest BCUT2D eigenvalue weighted by molar-refractivity contribution is -0.131. The average molecular weight is 435 g/mol. The molecule has 0 radical (unpaired) electrons. The molecule has 0 bridgehead atoms. The highest BCUT2D eigenvalue weighted by molar-refractivity contribution is 6.33. The molecule has 0 spiro atoms. The van der Waals surface area contributed by atoms with Crippen LogP contribution in [0.1, 0.15) is 28.8 Å². The fourth-order valence-electron chi connectivity index (χ4n) is 3.52. The van der Waals surface area contributed by atoms with Crippen LogP contribution < -0.4 is 14.8 Å². The van der Waals surface area contributed by atoms with Crippen LogP contribution in [0.5, 0.6) is 11.5 Å². The molecule has 8 heteroatoms. The molecule has 2 aromatic rings. The van der Waals surface area contributed by atoms with E-state index in [2.05, 4.69) is 5.32 Å². The third-order valence-electron chi connectivity index (χ3n) is 5.18. The zero-order valence-corrected chi connectivity index (χ0v) is 17.7. The van der Waals surface area contributed by atoms with Gasteiger partial charge >= 0.3 is 0 Å². The molecule has 30 heavy (non-hydrogen) atoms. The molecule has 0 aliphatic carbocycles. The molecule has 2 aromatic carbocycles. The topological polar surface area (TPSA) is 67.9 Å². The highest BCUT2D eigenvalue weighted by Crippen LogP contribution is 2.28. The van der Waals surface area contributed by atoms with Gasteiger partial charge in [-0.2, -0.15) is 0 Å². The summed E-state index contributed by atoms with van der Waals surface area (Å²) in [7, 11) is 3.11. The molecule has 3 rings (SSSR count). The average Bonchev–Trinajstić information content (AvgIpc) is 2.74. The van der Waals surface area contributed by atoms with Crippen molar-refractivity contribution in [2.45, 2.75) is 25.3 Å². The second kappa shape index (κ2) is 9.80. The van der Waals surface area contributed by atoms with E-state index < -0.39 is 11.7 Å². The van der Waals surface area contributed by atoms with Crippen LogP contribution in [-0.2, 0) is 11.2 Å². The number of nitrogens with zero attached hydrogens (tertiary/aromatic N) is 1. The summed E-state index contributed by atoms with van der Waals surface area (Å²) in [4.78, 5) is 26.8. The summed E-state index contributed by atoms with van der Waals surface area (Å²) in [6.07, 6.45) is 1.44. The molecular formula is C22H24ClFN2O4. The van der Waals surface area contributed by atoms with Gasteiger partial charge in [0, 0.05) is 19.1 Å². The number of carbonyl (C=O) groups is 2. The molecule has 1 fully saturated rings. The zero-order chi connectivity index (χ0) is 21.7. The van der Waals surface area contributed by atoms with E-state index in [1.54, 1.807) is 31.3 Å². The van der Waals surface area contributed by atoms with E-state index in [4.69, 9.17) is 21.1 Å². The van der Waals surface area contributed by atoms with Crippen molar-refractivity contribution in [2.24, 2.45) is 0 Å². The maximum atomic E-state index is 13.9. The van der Waals surface area contributed by atoms with Gasteiger partial charge in [0.1, 0.15) is 5.82 Å². The summed E-state index contributed by atoms with van der Waals surface area (Å²) in [6, 6.07) is 9.41. The molecule has 6 nitrogen and oxygen atoms in total. The summed E-state index contributed by atoms with van der Waals surface area (Å²) in [6.45, 7) is 1.03. The Balaban J connectivity index is 1.54. The lowest BCUT2D eigenvalue weighted by Gasteiger charge is -2.32. The van der Waals surface area contributed by atoms with E-state index in [1.807, 2.05) is 6.07 Å². The lowest BCUT2D eigenvalue weighted by Crippen LogP contribution is -2.47. The van der Waals surface area contributed by atoms with Crippen molar-refractivity contribution in [3.8, 4) is 11.5 Å². The second-order valence-electron chi connectivity index (χ2n) is 7.09. The fraction of sp³-hybridized carbons (Fsp3) is 0.364. The van der Waals surface area contributed by atoms with Crippen LogP contribution in [0.4, 0.5) is 4.39 Å². The normalized spacial score (nSPS) is 14.3. The van der Waals surface area contributed by atoms with Gasteiger partial charge in [-0.05, 0) is 42.7 Å². The van der Waals surface area contributed by atoms with E-state index in [-0.39, 0.29) is 29.0 Å². The van der Waals surface area contributed by atoms with Gasteiger partial charge in [0.05, 0.1) is 31.2 Å². The Morgan fingerprint density at radius 3 is 2.47 bits per heavy atom. The first-order valence-electron chi connectivity index (χ1n) is 9.66. The van der Waals surface area contributed by atoms with Gasteiger partial charge in [0.25, 0.3) is 5.91 Å². The molecule has 1 N–H and O–H groups in total. The number of halogens is 2. The number of amides is 2. The number of likely N-dealkylation sites (tertiary alicyclic amines) is 1. The minimum Gasteiger partial charge on any atom is -0.493 e. The number of nitrogens with one attached hydrogen (secondary N) is 1. The number of hydrogen-bond acceptors (Lipinski definition) is 4. The fourth-order valence-corrected chi connectivity index (χ4v) is 3.77. The van der Waals surface area contributed by atoms with E-state index in [0.717, 1.165) is 5.56 Å². The van der Waals surface area contributed by atoms with Crippen LogP contribution in [0.25, 0.3) is 0 Å². The second-order valence-corrected chi connectivity index (χ2v) is 7.50. The summed E-state index contributed by atoms with van der Waals surface area (Å²) in [5.74, 6) is 0.0103. The monoisotopic (exact) mass is 434 g/mol. The molecular weight excluding hydrogens is 411 g/mol. The summed E-state index contributed by atoms with van der Waals surface area (Å²) in [5.41, 5.74) is 0.688. The number of methoxy groups -OCH3 is 2. The molecule has 1 aliphatic rings. The first-order chi connectivity index (χ1) is 14.4. The molecule has 2 amide bonds. The Bertz CT molecular complexity index is 909. The SMILES string of the molecule is COc1ccc(CC(=O)N2CCC(NC(=O)c3c(F)cccc3Cl)CC2)cc1OC. The summed E-state index contributed by atoms with van der Waals surface area (Å²) < 4.78 is 24.4. The number of hydrogen-bond donors (Lipinski definition) is 1. The van der Waals surface area contributed by atoms with Crippen molar-refractivity contribution in [3.63, 3.8) is 0 Å². The molecule has 0 unspecified atom stereocenters. The van der Waals surface area contributed by atoms with Crippen LogP contribution in [0, 0.1) is 5.82 Å². The number of rotatable bonds is 6. The van der Waals surface area contributed by atoms with Gasteiger partial charge in [-0.25, -0.2) is 4.39 Å². The van der Waals surface area contributed by atoms with Crippen molar-refractivity contribution in [1.82, 2.24) is 10.2 Å². The van der Waals surface area contributed by atoms with Gasteiger partial charge in [0.2, 0.25) is 5.91 Å². The Kier molecular flexibility index (Phi) is 7.15. The van der Waals surface area contributed by atoms with Gasteiger partial charge in [-0.15, -0.1) is 0 Å². The number of carbonyl (C=O) groups excluding carboxylic acids is 2. The Hall–Kier alpha value is -2.80. The standard InChI is InChI=1S/C22H24ClFN2O4/c1-29-18-7-6-14(12-19(18)30-2)13-20(27)26-10-8-15(9-11-26)25-22(28)21-16(23)4-3-5-17(21)24/h3-7,12,15H,8-11,13H2,1-2H3,(H,25,28). The van der Waals surface area contributed by atoms with E-state index in [1.165, 1.54) is 18.2 Å². The third kappa shape index (κ3) is 5.02. The maximum Gasteiger partial charge on any atom is 0.255 e. The minimum absolute atomic E-state index is 0.00384. The van der Waals surface area contributed by atoms with Crippen molar-refractivity contribution in [2.75, 3.05) is 27.3 Å². The maximum absolute atomic E-state index is 13.9. The van der Waals surface area contributed by atoms with Crippen LogP contribution in [0.3, 0.4) is 0 Å². The van der Waals surface area contributed by atoms with Crippen LogP contribution in [-0.4, -0.2) is 50.1 Å². The zero-order valence-electron chi connectivity index (χ0n) is 16.9. The van der Waals surface area contributed by atoms with E-state index in [9.17, 15) is 14.0 Å². The molecule has 160 valence electrons. The van der Waals surface area contributed by atoms with Gasteiger partial charge < -0.3 is 19.7 Å². The van der Waals surface area contributed by atoms with Crippen LogP contribution in [0.15, 0.2) is 36.4 Å². The quantitative estimate of drug-likeness (QED) is 0.756. The highest BCUT2D eigenvalue weighted by atomic mass is 35.5. The van der Waals surface area contributed by atoms with Crippen LogP contribution in [0.2, 0.25) is 5.02 Å². The van der Waals surface area contributed by atoms with E-state index in [0.29, 0.717) is 37.4 Å². The van der Waals surface area contributed by atoms with Gasteiger partial charge in [-0.3, -0.25) is 9.59 Å². The van der Waals surface area contributed by atoms with Crippen LogP contribution >= 0.6 is 11.6 Å². The first-order valence-corrected chi connectivity index (χ1v) is 10.0. The predicted octanol–water partition coefficient (Wildman–Crippen LogP) is 3.46. The Morgan fingerprint density at radius 1 is 1.13 bits per heavy atom. The first kappa shape index (κ1) is 21.9. The third-order valence-corrected chi connectivity index (χ3v) is 5.49. The van der Waals surface area contributed by atoms with E-state index >= 15 is 0 Å².